The van der Waals surface area contributed by atoms with Crippen LogP contribution in [0.2, 0.25) is 0 Å². The quantitative estimate of drug-likeness (QED) is 0.121. The molecule has 0 spiro atoms. The molecule has 2 aromatic heterocycles. The van der Waals surface area contributed by atoms with Crippen LogP contribution in [0, 0.1) is 0 Å². The molecule has 3 aliphatic rings. The van der Waals surface area contributed by atoms with Gasteiger partial charge in [0, 0.05) is 108 Å². The molecule has 0 radical (unpaired) electrons. The lowest BCUT2D eigenvalue weighted by Crippen LogP contribution is -2.57. The maximum absolute atomic E-state index is 13.3. The summed E-state index contributed by atoms with van der Waals surface area (Å²) in [6.45, 7) is 5.91. The number of carbonyl (C=O) groups excluding carboxylic acids is 4. The van der Waals surface area contributed by atoms with Crippen LogP contribution in [-0.4, -0.2) is 129 Å². The minimum atomic E-state index is -3.57. The average molecular weight is 829 g/mol. The molecule has 1 atom stereocenters. The van der Waals surface area contributed by atoms with Gasteiger partial charge < -0.3 is 24.3 Å². The highest BCUT2D eigenvalue weighted by atomic mass is 32.2. The van der Waals surface area contributed by atoms with E-state index in [0.717, 1.165) is 27.8 Å². The minimum absolute atomic E-state index is 0.121. The number of Topliss-reactive ketones (excluding diaryl/α,β-unsaturated/α-hetero) is 1. The molecule has 3 amide bonds. The molecule has 312 valence electrons. The van der Waals surface area contributed by atoms with Crippen LogP contribution < -0.4 is 35.3 Å². The average Bonchev–Trinajstić information content (AvgIpc) is 3.21. The standard InChI is InChI=1S/C41H48N8O9S/c1-25(50)31-19-27(5-6-30(31)39(52)44-35-7-8-38(51)45-40(35)53)49-15-13-47(14-16-49)12-11-43-59(55,56)28-21-48(22-28)24-34-36(57-3)17-26(18-37(34)58-4)33-23-46(2)41(54)32-20-42-10-9-29(32)33/h5-6,9-10,17-20,23,28,35,43H,7-8,11-16,21-22,24H2,1-4H3,(H,44,52)(H,45,51,53). The first-order valence-corrected chi connectivity index (χ1v) is 21.0. The Morgan fingerprint density at radius 1 is 0.932 bits per heavy atom. The lowest BCUT2D eigenvalue weighted by Gasteiger charge is -2.39. The third-order valence-corrected chi connectivity index (χ3v) is 13.1. The highest BCUT2D eigenvalue weighted by Crippen LogP contribution is 2.38. The normalized spacial score (nSPS) is 18.0. The molecular weight excluding hydrogens is 781 g/mol. The van der Waals surface area contributed by atoms with Crippen molar-refractivity contribution < 1.29 is 37.1 Å². The number of amides is 3. The summed E-state index contributed by atoms with van der Waals surface area (Å²) < 4.78 is 42.5. The van der Waals surface area contributed by atoms with Gasteiger partial charge in [-0.15, -0.1) is 0 Å². The SMILES string of the molecule is COc1cc(-c2cn(C)c(=O)c3cnccc23)cc(OC)c1CN1CC(S(=O)(=O)NCCN2CCN(c3ccc(C(=O)NC4CCC(=O)NC4=O)c(C(C)=O)c3)CC2)C1. The number of nitrogens with zero attached hydrogens (tertiary/aromatic N) is 5. The van der Waals surface area contributed by atoms with Gasteiger partial charge in [-0.3, -0.25) is 44.1 Å². The van der Waals surface area contributed by atoms with E-state index in [9.17, 15) is 32.4 Å². The molecule has 18 heteroatoms. The van der Waals surface area contributed by atoms with E-state index in [-0.39, 0.29) is 47.8 Å². The third-order valence-electron chi connectivity index (χ3n) is 11.3. The van der Waals surface area contributed by atoms with Crippen molar-refractivity contribution in [1.82, 2.24) is 34.7 Å². The van der Waals surface area contributed by atoms with Crippen LogP contribution in [0.25, 0.3) is 21.9 Å². The molecule has 3 N–H and O–H groups in total. The summed E-state index contributed by atoms with van der Waals surface area (Å²) in [6, 6.07) is 9.80. The first kappa shape index (κ1) is 41.5. The Bertz CT molecular complexity index is 2450. The van der Waals surface area contributed by atoms with Gasteiger partial charge in [0.1, 0.15) is 22.8 Å². The number of nitrogens with one attached hydrogen (secondary N) is 3. The van der Waals surface area contributed by atoms with Crippen molar-refractivity contribution in [2.24, 2.45) is 7.05 Å². The summed E-state index contributed by atoms with van der Waals surface area (Å²) in [7, 11) is 1.29. The fraction of sp³-hybridized carbons (Fsp3) is 0.415. The summed E-state index contributed by atoms with van der Waals surface area (Å²) in [6.07, 6.45) is 5.30. The van der Waals surface area contributed by atoms with Crippen molar-refractivity contribution in [3.05, 3.63) is 82.0 Å². The van der Waals surface area contributed by atoms with Gasteiger partial charge in [0.05, 0.1) is 30.7 Å². The molecular formula is C41H48N8O9S. The number of anilines is 1. The Balaban J connectivity index is 0.898. The number of hydrogen-bond acceptors (Lipinski definition) is 13. The Hall–Kier alpha value is -5.69. The molecule has 3 aliphatic heterocycles. The van der Waals surface area contributed by atoms with Gasteiger partial charge in [-0.1, -0.05) is 0 Å². The van der Waals surface area contributed by atoms with Crippen LogP contribution in [-0.2, 0) is 33.2 Å². The van der Waals surface area contributed by atoms with E-state index in [1.807, 2.05) is 23.1 Å². The van der Waals surface area contributed by atoms with Crippen molar-refractivity contribution in [3.63, 3.8) is 0 Å². The number of benzene rings is 2. The summed E-state index contributed by atoms with van der Waals surface area (Å²) in [4.78, 5) is 72.4. The van der Waals surface area contributed by atoms with Gasteiger partial charge in [-0.25, -0.2) is 13.1 Å². The van der Waals surface area contributed by atoms with E-state index in [0.29, 0.717) is 69.2 Å². The smallest absolute Gasteiger partial charge is 0.259 e. The van der Waals surface area contributed by atoms with Crippen molar-refractivity contribution in [1.29, 1.82) is 0 Å². The molecule has 17 nitrogen and oxygen atoms in total. The summed E-state index contributed by atoms with van der Waals surface area (Å²) >= 11 is 0. The number of ketones is 1. The van der Waals surface area contributed by atoms with Crippen LogP contribution in [0.5, 0.6) is 11.5 Å². The second-order valence-electron chi connectivity index (χ2n) is 15.1. The van der Waals surface area contributed by atoms with E-state index >= 15 is 0 Å². The first-order valence-electron chi connectivity index (χ1n) is 19.4. The Labute approximate surface area is 341 Å². The largest absolute Gasteiger partial charge is 0.496 e. The molecule has 59 heavy (non-hydrogen) atoms. The zero-order valence-electron chi connectivity index (χ0n) is 33.4. The molecule has 2 aromatic carbocycles. The number of methoxy groups -OCH3 is 2. The maximum atomic E-state index is 13.3. The number of fused-ring (bicyclic) bond motifs is 1. The molecule has 0 bridgehead atoms. The van der Waals surface area contributed by atoms with E-state index in [4.69, 9.17) is 9.47 Å². The van der Waals surface area contributed by atoms with E-state index < -0.39 is 33.1 Å². The Morgan fingerprint density at radius 3 is 2.31 bits per heavy atom. The number of carbonyl (C=O) groups is 4. The number of rotatable bonds is 14. The predicted molar refractivity (Wildman–Crippen MR) is 220 cm³/mol. The van der Waals surface area contributed by atoms with E-state index in [2.05, 4.69) is 30.1 Å². The fourth-order valence-corrected chi connectivity index (χ4v) is 9.31. The van der Waals surface area contributed by atoms with Crippen molar-refractivity contribution >= 4 is 50.0 Å². The van der Waals surface area contributed by atoms with Crippen LogP contribution in [0.3, 0.4) is 0 Å². The van der Waals surface area contributed by atoms with Gasteiger partial charge >= 0.3 is 0 Å². The van der Waals surface area contributed by atoms with Crippen molar-refractivity contribution in [2.45, 2.75) is 37.6 Å². The second-order valence-corrected chi connectivity index (χ2v) is 17.1. The lowest BCUT2D eigenvalue weighted by molar-refractivity contribution is -0.134. The zero-order valence-corrected chi connectivity index (χ0v) is 34.3. The van der Waals surface area contributed by atoms with Crippen LogP contribution in [0.4, 0.5) is 5.69 Å². The number of piperazine rings is 1. The number of aryl methyl sites for hydroxylation is 1. The lowest BCUT2D eigenvalue weighted by atomic mass is 9.98. The molecule has 0 aliphatic carbocycles. The predicted octanol–water partition coefficient (Wildman–Crippen LogP) is 1.28. The van der Waals surface area contributed by atoms with Crippen LogP contribution in [0.15, 0.2) is 59.8 Å². The summed E-state index contributed by atoms with van der Waals surface area (Å²) in [5, 5.41) is 5.55. The number of sulfonamides is 1. The van der Waals surface area contributed by atoms with Gasteiger partial charge in [0.25, 0.3) is 11.5 Å². The Kier molecular flexibility index (Phi) is 12.1. The first-order chi connectivity index (χ1) is 28.3. The number of piperidine rings is 1. The van der Waals surface area contributed by atoms with E-state index in [1.165, 1.54) is 11.5 Å². The zero-order chi connectivity index (χ0) is 42.0. The van der Waals surface area contributed by atoms with Crippen LogP contribution >= 0.6 is 0 Å². The topological polar surface area (TPSA) is 202 Å². The summed E-state index contributed by atoms with van der Waals surface area (Å²) in [5.74, 6) is -0.625. The molecule has 0 saturated carbocycles. The minimum Gasteiger partial charge on any atom is -0.496 e. The van der Waals surface area contributed by atoms with Crippen molar-refractivity contribution in [3.8, 4) is 22.6 Å². The molecule has 3 saturated heterocycles. The molecule has 7 rings (SSSR count). The fourth-order valence-electron chi connectivity index (χ4n) is 7.89. The third kappa shape index (κ3) is 8.85. The second kappa shape index (κ2) is 17.3. The number of likely N-dealkylation sites (tertiary alicyclic amines) is 1. The van der Waals surface area contributed by atoms with Gasteiger partial charge in [0.15, 0.2) is 5.78 Å². The van der Waals surface area contributed by atoms with Gasteiger partial charge in [-0.05, 0) is 60.7 Å². The van der Waals surface area contributed by atoms with Gasteiger partial charge in [-0.2, -0.15) is 0 Å². The molecule has 4 aromatic rings. The highest BCUT2D eigenvalue weighted by Gasteiger charge is 2.38. The summed E-state index contributed by atoms with van der Waals surface area (Å²) in [5.41, 5.74) is 3.45. The monoisotopic (exact) mass is 828 g/mol. The number of aromatic nitrogens is 2. The number of imide groups is 1. The van der Waals surface area contributed by atoms with Gasteiger partial charge in [0.2, 0.25) is 21.8 Å². The van der Waals surface area contributed by atoms with Crippen LogP contribution in [0.1, 0.15) is 46.0 Å². The number of ether oxygens (including phenoxy) is 2. The number of pyridine rings is 2. The van der Waals surface area contributed by atoms with Crippen molar-refractivity contribution in [2.75, 3.05) is 71.5 Å². The molecule has 3 fully saturated rings. The number of hydrogen-bond donors (Lipinski definition) is 3. The molecule has 5 heterocycles. The maximum Gasteiger partial charge on any atom is 0.259 e. The Morgan fingerprint density at radius 2 is 1.64 bits per heavy atom. The van der Waals surface area contributed by atoms with E-state index in [1.54, 1.807) is 58.1 Å². The molecule has 1 unspecified atom stereocenters. The highest BCUT2D eigenvalue weighted by molar-refractivity contribution is 7.90.